The number of hydrogen-bond donors (Lipinski definition) is 2. The molecular formula is C17H17ClF3N3O3. The Kier molecular flexibility index (Phi) is 6.27. The van der Waals surface area contributed by atoms with Gasteiger partial charge in [0.1, 0.15) is 11.2 Å². The van der Waals surface area contributed by atoms with Gasteiger partial charge in [-0.25, -0.2) is 0 Å². The molecule has 1 aromatic carbocycles. The summed E-state index contributed by atoms with van der Waals surface area (Å²) < 4.78 is 46.8. The van der Waals surface area contributed by atoms with Crippen LogP contribution in [0, 0.1) is 6.92 Å². The third kappa shape index (κ3) is 4.67. The van der Waals surface area contributed by atoms with Crippen LogP contribution in [0.2, 0.25) is 5.02 Å². The minimum Gasteiger partial charge on any atom is -0.484 e. The van der Waals surface area contributed by atoms with E-state index >= 15 is 0 Å². The zero-order chi connectivity index (χ0) is 20.2. The highest BCUT2D eigenvalue weighted by atomic mass is 35.5. The lowest BCUT2D eigenvalue weighted by atomic mass is 9.78. The van der Waals surface area contributed by atoms with Crippen molar-refractivity contribution in [3.63, 3.8) is 0 Å². The van der Waals surface area contributed by atoms with Crippen LogP contribution in [0.3, 0.4) is 0 Å². The summed E-state index contributed by atoms with van der Waals surface area (Å²) in [7, 11) is 0. The summed E-state index contributed by atoms with van der Waals surface area (Å²) in [6.07, 6.45) is -3.26. The quantitative estimate of drug-likeness (QED) is 0.739. The van der Waals surface area contributed by atoms with Gasteiger partial charge in [-0.3, -0.25) is 14.8 Å². The molecule has 3 N–H and O–H groups in total. The van der Waals surface area contributed by atoms with Crippen molar-refractivity contribution in [2.24, 2.45) is 5.73 Å². The third-order valence-corrected chi connectivity index (χ3v) is 4.33. The normalized spacial score (nSPS) is 13.9. The standard InChI is InChI=1S/C17H17ClF3N3O3/c1-10-6-24-14(7-23-10)16(9-25,17(19,20)21)5-11-2-3-12(4-13(11)18)27-8-15(22)26/h2-4,6-7,25H,5,8-9H2,1H3,(H2,22,26). The predicted molar refractivity (Wildman–Crippen MR) is 91.4 cm³/mol. The molecule has 0 saturated carbocycles. The third-order valence-electron chi connectivity index (χ3n) is 3.98. The summed E-state index contributed by atoms with van der Waals surface area (Å²) in [5.41, 5.74) is 2.46. The van der Waals surface area contributed by atoms with Gasteiger partial charge in [-0.05, 0) is 31.0 Å². The fourth-order valence-electron chi connectivity index (χ4n) is 2.44. The number of halogens is 4. The summed E-state index contributed by atoms with van der Waals surface area (Å²) >= 11 is 6.09. The first-order valence-electron chi connectivity index (χ1n) is 7.75. The molecule has 0 fully saturated rings. The summed E-state index contributed by atoms with van der Waals surface area (Å²) in [5, 5.41) is 9.67. The zero-order valence-corrected chi connectivity index (χ0v) is 15.0. The van der Waals surface area contributed by atoms with E-state index in [2.05, 4.69) is 9.97 Å². The number of aliphatic hydroxyl groups is 1. The molecule has 2 rings (SSSR count). The number of aliphatic hydroxyl groups excluding tert-OH is 1. The Hall–Kier alpha value is -2.39. The van der Waals surface area contributed by atoms with Gasteiger partial charge in [-0.1, -0.05) is 17.7 Å². The van der Waals surface area contributed by atoms with Crippen LogP contribution < -0.4 is 10.5 Å². The van der Waals surface area contributed by atoms with Crippen molar-refractivity contribution in [1.82, 2.24) is 9.97 Å². The maximum Gasteiger partial charge on any atom is 0.402 e. The van der Waals surface area contributed by atoms with Gasteiger partial charge in [0.05, 0.1) is 18.0 Å². The molecule has 1 heterocycles. The number of aromatic nitrogens is 2. The first kappa shape index (κ1) is 20.9. The van der Waals surface area contributed by atoms with Crippen molar-refractivity contribution in [3.8, 4) is 5.75 Å². The molecule has 0 aliphatic rings. The minimum atomic E-state index is -4.81. The Morgan fingerprint density at radius 2 is 2.00 bits per heavy atom. The Labute approximate surface area is 158 Å². The van der Waals surface area contributed by atoms with Crippen molar-refractivity contribution < 1.29 is 27.8 Å². The fourth-order valence-corrected chi connectivity index (χ4v) is 2.68. The summed E-state index contributed by atoms with van der Waals surface area (Å²) in [6, 6.07) is 3.97. The van der Waals surface area contributed by atoms with E-state index in [1.807, 2.05) is 0 Å². The Morgan fingerprint density at radius 1 is 1.30 bits per heavy atom. The van der Waals surface area contributed by atoms with E-state index in [0.717, 1.165) is 6.20 Å². The molecule has 146 valence electrons. The van der Waals surface area contributed by atoms with Crippen LogP contribution in [0.4, 0.5) is 13.2 Å². The molecule has 6 nitrogen and oxygen atoms in total. The van der Waals surface area contributed by atoms with Gasteiger partial charge in [0, 0.05) is 17.4 Å². The Bertz CT molecular complexity index is 815. The van der Waals surface area contributed by atoms with E-state index in [4.69, 9.17) is 22.1 Å². The van der Waals surface area contributed by atoms with Gasteiger partial charge >= 0.3 is 6.18 Å². The summed E-state index contributed by atoms with van der Waals surface area (Å²) in [6.45, 7) is -0.0328. The van der Waals surface area contributed by atoms with Crippen molar-refractivity contribution in [3.05, 3.63) is 52.6 Å². The second-order valence-corrected chi connectivity index (χ2v) is 6.37. The lowest BCUT2D eigenvalue weighted by molar-refractivity contribution is -0.202. The highest BCUT2D eigenvalue weighted by Crippen LogP contribution is 2.43. The maximum absolute atomic E-state index is 13.9. The molecular weight excluding hydrogens is 387 g/mol. The van der Waals surface area contributed by atoms with Crippen LogP contribution in [0.15, 0.2) is 30.6 Å². The predicted octanol–water partition coefficient (Wildman–Crippen LogP) is 2.34. The maximum atomic E-state index is 13.9. The van der Waals surface area contributed by atoms with Crippen LogP contribution in [0.1, 0.15) is 17.0 Å². The highest BCUT2D eigenvalue weighted by molar-refractivity contribution is 6.31. The molecule has 2 aromatic rings. The van der Waals surface area contributed by atoms with Crippen molar-refractivity contribution in [2.45, 2.75) is 24.9 Å². The molecule has 1 aromatic heterocycles. The van der Waals surface area contributed by atoms with E-state index in [1.165, 1.54) is 24.4 Å². The molecule has 0 aliphatic heterocycles. The monoisotopic (exact) mass is 403 g/mol. The number of rotatable bonds is 7. The summed E-state index contributed by atoms with van der Waals surface area (Å²) in [4.78, 5) is 18.4. The second kappa shape index (κ2) is 8.10. The number of alkyl halides is 3. The van der Waals surface area contributed by atoms with Crippen LogP contribution >= 0.6 is 11.6 Å². The topological polar surface area (TPSA) is 98.3 Å². The smallest absolute Gasteiger partial charge is 0.402 e. The van der Waals surface area contributed by atoms with Gasteiger partial charge < -0.3 is 15.6 Å². The number of nitrogens with zero attached hydrogens (tertiary/aromatic N) is 2. The molecule has 0 spiro atoms. The van der Waals surface area contributed by atoms with E-state index in [0.29, 0.717) is 5.69 Å². The number of nitrogens with two attached hydrogens (primary N) is 1. The number of amides is 1. The minimum absolute atomic E-state index is 0.0147. The van der Waals surface area contributed by atoms with Crippen molar-refractivity contribution >= 4 is 17.5 Å². The lowest BCUT2D eigenvalue weighted by Crippen LogP contribution is -2.48. The van der Waals surface area contributed by atoms with Crippen molar-refractivity contribution in [2.75, 3.05) is 13.2 Å². The number of ether oxygens (including phenoxy) is 1. The molecule has 0 aliphatic carbocycles. The molecule has 1 unspecified atom stereocenters. The van der Waals surface area contributed by atoms with Gasteiger partial charge in [0.2, 0.25) is 0 Å². The van der Waals surface area contributed by atoms with Crippen LogP contribution in [0.5, 0.6) is 5.75 Å². The van der Waals surface area contributed by atoms with Crippen molar-refractivity contribution in [1.29, 1.82) is 0 Å². The number of hydrogen-bond acceptors (Lipinski definition) is 5. The van der Waals surface area contributed by atoms with Crippen LogP contribution in [0.25, 0.3) is 0 Å². The molecule has 0 radical (unpaired) electrons. The Morgan fingerprint density at radius 3 is 2.48 bits per heavy atom. The van der Waals surface area contributed by atoms with Crippen LogP contribution in [-0.4, -0.2) is 40.4 Å². The Balaban J connectivity index is 2.41. The SMILES string of the molecule is Cc1cnc(C(CO)(Cc2ccc(OCC(N)=O)cc2Cl)C(F)(F)F)cn1. The molecule has 0 bridgehead atoms. The number of benzene rings is 1. The van der Waals surface area contributed by atoms with E-state index in [-0.39, 0.29) is 16.3 Å². The number of carbonyl (C=O) groups is 1. The highest BCUT2D eigenvalue weighted by Gasteiger charge is 2.57. The first-order valence-corrected chi connectivity index (χ1v) is 8.13. The van der Waals surface area contributed by atoms with E-state index in [1.54, 1.807) is 6.92 Å². The molecule has 1 amide bonds. The van der Waals surface area contributed by atoms with E-state index < -0.39 is 42.8 Å². The lowest BCUT2D eigenvalue weighted by Gasteiger charge is -2.33. The molecule has 1 atom stereocenters. The average molecular weight is 404 g/mol. The second-order valence-electron chi connectivity index (χ2n) is 5.97. The van der Waals surface area contributed by atoms with E-state index in [9.17, 15) is 23.1 Å². The molecule has 0 saturated heterocycles. The fraction of sp³-hybridized carbons (Fsp3) is 0.353. The molecule has 27 heavy (non-hydrogen) atoms. The zero-order valence-electron chi connectivity index (χ0n) is 14.3. The van der Waals surface area contributed by atoms with Crippen LogP contribution in [-0.2, 0) is 16.6 Å². The number of carbonyl (C=O) groups excluding carboxylic acids is 1. The number of aryl methyl sites for hydroxylation is 1. The largest absolute Gasteiger partial charge is 0.484 e. The van der Waals surface area contributed by atoms with Gasteiger partial charge in [-0.2, -0.15) is 13.2 Å². The van der Waals surface area contributed by atoms with Gasteiger partial charge in [0.15, 0.2) is 6.61 Å². The average Bonchev–Trinajstić information content (AvgIpc) is 2.59. The first-order chi connectivity index (χ1) is 12.6. The summed E-state index contributed by atoms with van der Waals surface area (Å²) in [5.74, 6) is -0.524. The van der Waals surface area contributed by atoms with Gasteiger partial charge in [0.25, 0.3) is 5.91 Å². The number of primary amides is 1. The molecule has 10 heteroatoms. The van der Waals surface area contributed by atoms with Gasteiger partial charge in [-0.15, -0.1) is 0 Å².